The van der Waals surface area contributed by atoms with Crippen molar-refractivity contribution in [2.75, 3.05) is 5.32 Å². The predicted molar refractivity (Wildman–Crippen MR) is 125 cm³/mol. The Morgan fingerprint density at radius 1 is 1.26 bits per heavy atom. The number of aliphatic hydroxyl groups excluding tert-OH is 1. The van der Waals surface area contributed by atoms with Crippen LogP contribution in [0.15, 0.2) is 36.8 Å². The Morgan fingerprint density at radius 3 is 2.74 bits per heavy atom. The average molecular weight is 458 g/mol. The van der Waals surface area contributed by atoms with Crippen LogP contribution in [-0.4, -0.2) is 36.5 Å². The number of halogens is 1. The van der Waals surface area contributed by atoms with Crippen molar-refractivity contribution in [3.8, 4) is 17.2 Å². The molecule has 0 radical (unpaired) electrons. The summed E-state index contributed by atoms with van der Waals surface area (Å²) in [6.07, 6.45) is 4.82. The van der Waals surface area contributed by atoms with E-state index in [1.807, 2.05) is 26.0 Å². The Morgan fingerprint density at radius 2 is 2.06 bits per heavy atom. The van der Waals surface area contributed by atoms with Gasteiger partial charge < -0.3 is 10.4 Å². The number of anilines is 1. The molecule has 0 spiro atoms. The van der Waals surface area contributed by atoms with Gasteiger partial charge in [0.2, 0.25) is 5.91 Å². The maximum Gasteiger partial charge on any atom is 0.231 e. The quantitative estimate of drug-likeness (QED) is 0.446. The fourth-order valence-corrected chi connectivity index (χ4v) is 4.23. The predicted octanol–water partition coefficient (Wildman–Crippen LogP) is 4.25. The van der Waals surface area contributed by atoms with Gasteiger partial charge in [0.15, 0.2) is 0 Å². The lowest BCUT2D eigenvalue weighted by molar-refractivity contribution is -0.117. The molecule has 1 amide bonds. The van der Waals surface area contributed by atoms with Gasteiger partial charge >= 0.3 is 0 Å². The van der Waals surface area contributed by atoms with Gasteiger partial charge in [-0.15, -0.1) is 0 Å². The monoisotopic (exact) mass is 458 g/mol. The number of hydrogen-bond donors (Lipinski definition) is 2. The van der Waals surface area contributed by atoms with Gasteiger partial charge in [0, 0.05) is 35.0 Å². The van der Waals surface area contributed by atoms with Crippen LogP contribution < -0.4 is 5.32 Å². The maximum atomic E-state index is 13.2. The summed E-state index contributed by atoms with van der Waals surface area (Å²) in [6.45, 7) is 3.96. The number of nitrogens with zero attached hydrogens (tertiary/aromatic N) is 5. The molecule has 8 nitrogen and oxygen atoms in total. The Labute approximate surface area is 195 Å². The van der Waals surface area contributed by atoms with Crippen LogP contribution in [0.3, 0.4) is 0 Å². The molecule has 4 heterocycles. The van der Waals surface area contributed by atoms with E-state index < -0.39 is 24.1 Å². The van der Waals surface area contributed by atoms with E-state index in [4.69, 9.17) is 0 Å². The third-order valence-corrected chi connectivity index (χ3v) is 6.20. The Hall–Kier alpha value is -3.90. The van der Waals surface area contributed by atoms with Crippen molar-refractivity contribution in [2.24, 2.45) is 5.92 Å². The van der Waals surface area contributed by atoms with E-state index in [1.54, 1.807) is 22.9 Å². The van der Waals surface area contributed by atoms with Crippen LogP contribution in [0.5, 0.6) is 0 Å². The molecule has 0 saturated heterocycles. The molecule has 4 aromatic heterocycles. The lowest BCUT2D eigenvalue weighted by Gasteiger charge is -2.14. The van der Waals surface area contributed by atoms with Crippen LogP contribution >= 0.6 is 0 Å². The first-order valence-electron chi connectivity index (χ1n) is 11.2. The first-order chi connectivity index (χ1) is 16.4. The SMILES string of the molecule is CCC[C@@H](O)c1cc(C)c(-c2cc3cnc(NC(=O)[C@H]4C[C@H]4F)cc3n3c(C#N)cnc23)cn1. The molecule has 1 saturated carbocycles. The second-order valence-corrected chi connectivity index (χ2v) is 8.68. The Balaban J connectivity index is 1.63. The zero-order valence-corrected chi connectivity index (χ0v) is 18.8. The molecular formula is C25H23FN6O2. The van der Waals surface area contributed by atoms with Crippen molar-refractivity contribution < 1.29 is 14.3 Å². The Bertz CT molecular complexity index is 1470. The van der Waals surface area contributed by atoms with Crippen molar-refractivity contribution in [3.63, 3.8) is 0 Å². The van der Waals surface area contributed by atoms with Crippen molar-refractivity contribution in [1.82, 2.24) is 19.4 Å². The summed E-state index contributed by atoms with van der Waals surface area (Å²) in [4.78, 5) is 25.5. The molecule has 1 aliphatic carbocycles. The van der Waals surface area contributed by atoms with E-state index in [-0.39, 0.29) is 12.2 Å². The van der Waals surface area contributed by atoms with Crippen molar-refractivity contribution in [1.29, 1.82) is 5.26 Å². The van der Waals surface area contributed by atoms with E-state index in [2.05, 4.69) is 26.3 Å². The van der Waals surface area contributed by atoms with E-state index in [0.29, 0.717) is 29.0 Å². The number of aromatic nitrogens is 4. The molecule has 0 unspecified atom stereocenters. The van der Waals surface area contributed by atoms with Gasteiger partial charge in [0.05, 0.1) is 29.4 Å². The van der Waals surface area contributed by atoms with Crippen LogP contribution in [0.2, 0.25) is 0 Å². The fraction of sp³-hybridized carbons (Fsp3) is 0.320. The summed E-state index contributed by atoms with van der Waals surface area (Å²) in [5.74, 6) is -0.738. The van der Waals surface area contributed by atoms with Crippen molar-refractivity contribution >= 4 is 28.3 Å². The molecule has 0 aromatic carbocycles. The number of amides is 1. The molecule has 5 rings (SSSR count). The lowest BCUT2D eigenvalue weighted by Crippen LogP contribution is -2.16. The summed E-state index contributed by atoms with van der Waals surface area (Å²) >= 11 is 0. The molecule has 3 atom stereocenters. The van der Waals surface area contributed by atoms with E-state index in [0.717, 1.165) is 28.5 Å². The molecule has 0 aliphatic heterocycles. The summed E-state index contributed by atoms with van der Waals surface area (Å²) < 4.78 is 15.0. The van der Waals surface area contributed by atoms with Gasteiger partial charge in [-0.3, -0.25) is 14.2 Å². The topological polar surface area (TPSA) is 116 Å². The number of fused-ring (bicyclic) bond motifs is 3. The lowest BCUT2D eigenvalue weighted by atomic mass is 10.00. The minimum absolute atomic E-state index is 0.231. The van der Waals surface area contributed by atoms with Crippen LogP contribution in [0.4, 0.5) is 10.2 Å². The van der Waals surface area contributed by atoms with E-state index >= 15 is 0 Å². The summed E-state index contributed by atoms with van der Waals surface area (Å²) in [5, 5.41) is 23.4. The highest BCUT2D eigenvalue weighted by molar-refractivity contribution is 5.97. The molecule has 0 bridgehead atoms. The average Bonchev–Trinajstić information content (AvgIpc) is 3.40. The second kappa shape index (κ2) is 8.47. The number of carbonyl (C=O) groups is 1. The molecule has 1 aliphatic rings. The molecule has 34 heavy (non-hydrogen) atoms. The molecule has 172 valence electrons. The van der Waals surface area contributed by atoms with Gasteiger partial charge in [0.1, 0.15) is 29.4 Å². The highest BCUT2D eigenvalue weighted by atomic mass is 19.1. The minimum Gasteiger partial charge on any atom is -0.387 e. The van der Waals surface area contributed by atoms with Crippen molar-refractivity contribution in [3.05, 3.63) is 53.7 Å². The molecule has 4 aromatic rings. The number of rotatable bonds is 6. The van der Waals surface area contributed by atoms with Crippen LogP contribution in [0.25, 0.3) is 27.7 Å². The Kier molecular flexibility index (Phi) is 5.46. The van der Waals surface area contributed by atoms with Gasteiger partial charge in [0.25, 0.3) is 0 Å². The zero-order valence-electron chi connectivity index (χ0n) is 18.8. The van der Waals surface area contributed by atoms with Gasteiger partial charge in [-0.05, 0) is 37.5 Å². The molecule has 9 heteroatoms. The number of aliphatic hydroxyl groups is 1. The van der Waals surface area contributed by atoms with E-state index in [1.165, 1.54) is 6.20 Å². The van der Waals surface area contributed by atoms with Gasteiger partial charge in [-0.25, -0.2) is 14.4 Å². The number of imidazole rings is 1. The number of nitriles is 1. The van der Waals surface area contributed by atoms with Crippen LogP contribution in [0.1, 0.15) is 49.2 Å². The number of alkyl halides is 1. The maximum absolute atomic E-state index is 13.2. The normalized spacial score (nSPS) is 18.1. The largest absolute Gasteiger partial charge is 0.387 e. The first-order valence-corrected chi connectivity index (χ1v) is 11.2. The highest BCUT2D eigenvalue weighted by Gasteiger charge is 2.43. The summed E-state index contributed by atoms with van der Waals surface area (Å²) in [7, 11) is 0. The number of nitrogens with one attached hydrogen (secondary N) is 1. The van der Waals surface area contributed by atoms with E-state index in [9.17, 15) is 19.6 Å². The first kappa shape index (κ1) is 21.9. The molecule has 1 fully saturated rings. The smallest absolute Gasteiger partial charge is 0.231 e. The fourth-order valence-electron chi connectivity index (χ4n) is 4.23. The number of carbonyl (C=O) groups excluding carboxylic acids is 1. The standard InChI is InChI=1S/C25H23FN6O2/c1-3-4-22(33)20-5-13(2)18(12-28-20)16-6-14-10-29-23(31-25(34)17-7-19(17)26)8-21(14)32-15(9-27)11-30-24(16)32/h5-6,8,10-12,17,19,22,33H,3-4,7H2,1-2H3,(H,29,31,34)/t17-,19+,22+/m0/s1. The number of aryl methyl sites for hydroxylation is 1. The van der Waals surface area contributed by atoms with Crippen LogP contribution in [-0.2, 0) is 4.79 Å². The highest BCUT2D eigenvalue weighted by Crippen LogP contribution is 2.36. The van der Waals surface area contributed by atoms with Crippen LogP contribution in [0, 0.1) is 24.2 Å². The van der Waals surface area contributed by atoms with Gasteiger partial charge in [-0.2, -0.15) is 5.26 Å². The zero-order chi connectivity index (χ0) is 24.0. The number of hydrogen-bond acceptors (Lipinski definition) is 6. The summed E-state index contributed by atoms with van der Waals surface area (Å²) in [6, 6.07) is 7.62. The summed E-state index contributed by atoms with van der Waals surface area (Å²) in [5.41, 5.74) is 4.68. The second-order valence-electron chi connectivity index (χ2n) is 8.68. The van der Waals surface area contributed by atoms with Gasteiger partial charge in [-0.1, -0.05) is 13.3 Å². The van der Waals surface area contributed by atoms with Crippen molar-refractivity contribution in [2.45, 2.75) is 45.4 Å². The molecular weight excluding hydrogens is 435 g/mol. The third-order valence-electron chi connectivity index (χ3n) is 6.20. The molecule has 2 N–H and O–H groups in total. The number of pyridine rings is 3. The third kappa shape index (κ3) is 3.76. The minimum atomic E-state index is -1.10.